The number of piperazine rings is 1. The van der Waals surface area contributed by atoms with E-state index in [-0.39, 0.29) is 12.2 Å². The first-order valence-corrected chi connectivity index (χ1v) is 9.71. The Balaban J connectivity index is 1.65. The van der Waals surface area contributed by atoms with Crippen molar-refractivity contribution in [3.05, 3.63) is 46.2 Å². The normalized spacial score (nSPS) is 17.1. The van der Waals surface area contributed by atoms with Gasteiger partial charge in [0.2, 0.25) is 0 Å². The fourth-order valence-electron chi connectivity index (χ4n) is 3.48. The van der Waals surface area contributed by atoms with Gasteiger partial charge in [0, 0.05) is 31.9 Å². The van der Waals surface area contributed by atoms with Crippen LogP contribution in [0, 0.1) is 6.92 Å². The van der Waals surface area contributed by atoms with Gasteiger partial charge < -0.3 is 9.69 Å². The van der Waals surface area contributed by atoms with Gasteiger partial charge in [0.15, 0.2) is 5.69 Å². The molecule has 31 heavy (non-hydrogen) atoms. The smallest absolute Gasteiger partial charge is 0.369 e. The van der Waals surface area contributed by atoms with Gasteiger partial charge in [-0.05, 0) is 31.2 Å². The van der Waals surface area contributed by atoms with E-state index in [2.05, 4.69) is 5.10 Å². The molecule has 1 saturated heterocycles. The van der Waals surface area contributed by atoms with Crippen molar-refractivity contribution in [3.8, 4) is 0 Å². The van der Waals surface area contributed by atoms with Crippen molar-refractivity contribution in [2.24, 2.45) is 0 Å². The molecule has 1 fully saturated rings. The summed E-state index contributed by atoms with van der Waals surface area (Å²) < 4.78 is 78.2. The molecule has 2 heterocycles. The maximum absolute atomic E-state index is 13.0. The third-order valence-electron chi connectivity index (χ3n) is 5.26. The van der Waals surface area contributed by atoms with Crippen molar-refractivity contribution in [2.75, 3.05) is 31.1 Å². The summed E-state index contributed by atoms with van der Waals surface area (Å²) in [6.07, 6.45) is -8.46. The van der Waals surface area contributed by atoms with E-state index in [0.29, 0.717) is 38.2 Å². The Kier molecular flexibility index (Phi) is 6.56. The zero-order chi connectivity index (χ0) is 23.0. The average molecular weight is 469 g/mol. The minimum Gasteiger partial charge on any atom is -0.369 e. The number of carbonyl (C=O) groups excluding carboxylic acids is 1. The van der Waals surface area contributed by atoms with Gasteiger partial charge in [-0.15, -0.1) is 0 Å². The molecule has 0 radical (unpaired) electrons. The standard InChI is InChI=1S/C19H19ClF6N4O/c1-12-16(20)17(19(24,25)26)27-30(12)10-15(11-31)29-8-6-28(7-9-29)14-4-2-13(3-5-14)18(21,22)23/h2-5,11,15H,6-10H2,1H3. The summed E-state index contributed by atoms with van der Waals surface area (Å²) >= 11 is 5.75. The third kappa shape index (κ3) is 5.15. The molecule has 0 aliphatic carbocycles. The average Bonchev–Trinajstić information content (AvgIpc) is 3.00. The second-order valence-corrected chi connectivity index (χ2v) is 7.58. The van der Waals surface area contributed by atoms with Gasteiger partial charge in [-0.2, -0.15) is 31.4 Å². The number of aldehydes is 1. The lowest BCUT2D eigenvalue weighted by Gasteiger charge is -2.38. The van der Waals surface area contributed by atoms with Gasteiger partial charge in [0.05, 0.1) is 28.9 Å². The monoisotopic (exact) mass is 468 g/mol. The van der Waals surface area contributed by atoms with Crippen LogP contribution in [0.25, 0.3) is 0 Å². The largest absolute Gasteiger partial charge is 0.436 e. The van der Waals surface area contributed by atoms with Gasteiger partial charge in [-0.1, -0.05) is 11.6 Å². The summed E-state index contributed by atoms with van der Waals surface area (Å²) in [4.78, 5) is 15.3. The van der Waals surface area contributed by atoms with E-state index in [1.54, 1.807) is 4.90 Å². The van der Waals surface area contributed by atoms with Crippen LogP contribution in [-0.2, 0) is 23.7 Å². The fraction of sp³-hybridized carbons (Fsp3) is 0.474. The molecular formula is C19H19ClF6N4O. The predicted octanol–water partition coefficient (Wildman–Crippen LogP) is 4.27. The summed E-state index contributed by atoms with van der Waals surface area (Å²) in [5.74, 6) is 0. The number of anilines is 1. The summed E-state index contributed by atoms with van der Waals surface area (Å²) in [5, 5.41) is 3.03. The number of hydrogen-bond donors (Lipinski definition) is 0. The van der Waals surface area contributed by atoms with Crippen molar-refractivity contribution in [2.45, 2.75) is 31.9 Å². The van der Waals surface area contributed by atoms with Crippen LogP contribution in [0.5, 0.6) is 0 Å². The second-order valence-electron chi connectivity index (χ2n) is 7.20. The predicted molar refractivity (Wildman–Crippen MR) is 102 cm³/mol. The van der Waals surface area contributed by atoms with E-state index >= 15 is 0 Å². The first kappa shape index (κ1) is 23.4. The molecule has 1 aliphatic rings. The Hall–Kier alpha value is -2.27. The molecule has 1 aromatic heterocycles. The SMILES string of the molecule is Cc1c(Cl)c(C(F)(F)F)nn1CC(C=O)N1CCN(c2ccc(C(F)(F)F)cc2)CC1. The van der Waals surface area contributed by atoms with Crippen LogP contribution in [-0.4, -0.2) is 53.2 Å². The minimum atomic E-state index is -4.70. The highest BCUT2D eigenvalue weighted by molar-refractivity contribution is 6.31. The summed E-state index contributed by atoms with van der Waals surface area (Å²) in [6, 6.07) is 4.09. The molecule has 2 aromatic rings. The number of hydrogen-bond acceptors (Lipinski definition) is 4. The van der Waals surface area contributed by atoms with E-state index in [1.165, 1.54) is 19.1 Å². The molecule has 1 unspecified atom stereocenters. The lowest BCUT2D eigenvalue weighted by molar-refractivity contribution is -0.141. The molecule has 0 saturated carbocycles. The lowest BCUT2D eigenvalue weighted by Crippen LogP contribution is -2.52. The molecule has 3 rings (SSSR count). The molecule has 1 aliphatic heterocycles. The Morgan fingerprint density at radius 1 is 1.03 bits per heavy atom. The van der Waals surface area contributed by atoms with Crippen LogP contribution >= 0.6 is 11.6 Å². The van der Waals surface area contributed by atoms with Crippen molar-refractivity contribution < 1.29 is 31.1 Å². The highest BCUT2D eigenvalue weighted by Gasteiger charge is 2.38. The summed E-state index contributed by atoms with van der Waals surface area (Å²) in [5.41, 5.74) is -1.19. The Labute approximate surface area is 179 Å². The van der Waals surface area contributed by atoms with Crippen LogP contribution in [0.15, 0.2) is 24.3 Å². The number of carbonyl (C=O) groups is 1. The molecular weight excluding hydrogens is 450 g/mol. The van der Waals surface area contributed by atoms with Gasteiger partial charge in [-0.25, -0.2) is 0 Å². The number of aromatic nitrogens is 2. The minimum absolute atomic E-state index is 0.0919. The summed E-state index contributed by atoms with van der Waals surface area (Å²) in [7, 11) is 0. The van der Waals surface area contributed by atoms with Crippen molar-refractivity contribution in [1.82, 2.24) is 14.7 Å². The molecule has 170 valence electrons. The number of halogens is 7. The number of alkyl halides is 6. The van der Waals surface area contributed by atoms with E-state index in [0.717, 1.165) is 16.8 Å². The van der Waals surface area contributed by atoms with Gasteiger partial charge >= 0.3 is 12.4 Å². The molecule has 5 nitrogen and oxygen atoms in total. The maximum atomic E-state index is 13.0. The Morgan fingerprint density at radius 3 is 2.06 bits per heavy atom. The fourth-order valence-corrected chi connectivity index (χ4v) is 3.72. The maximum Gasteiger partial charge on any atom is 0.436 e. The van der Waals surface area contributed by atoms with Crippen LogP contribution in [0.1, 0.15) is 17.0 Å². The summed E-state index contributed by atoms with van der Waals surface area (Å²) in [6.45, 7) is 3.01. The van der Waals surface area contributed by atoms with Crippen LogP contribution < -0.4 is 4.90 Å². The lowest BCUT2D eigenvalue weighted by atomic mass is 10.1. The highest BCUT2D eigenvalue weighted by atomic mass is 35.5. The van der Waals surface area contributed by atoms with Crippen LogP contribution in [0.3, 0.4) is 0 Å². The molecule has 1 aromatic carbocycles. The van der Waals surface area contributed by atoms with E-state index in [9.17, 15) is 31.1 Å². The molecule has 0 N–H and O–H groups in total. The van der Waals surface area contributed by atoms with Gasteiger partial charge in [0.1, 0.15) is 6.29 Å². The highest BCUT2D eigenvalue weighted by Crippen LogP contribution is 2.35. The number of rotatable bonds is 5. The quantitative estimate of drug-likeness (QED) is 0.485. The third-order valence-corrected chi connectivity index (χ3v) is 5.71. The zero-order valence-electron chi connectivity index (χ0n) is 16.3. The van der Waals surface area contributed by atoms with E-state index in [4.69, 9.17) is 11.6 Å². The number of benzene rings is 1. The molecule has 0 amide bonds. The molecule has 12 heteroatoms. The van der Waals surface area contributed by atoms with Crippen molar-refractivity contribution in [1.29, 1.82) is 0 Å². The van der Waals surface area contributed by atoms with E-state index in [1.807, 2.05) is 4.90 Å². The first-order valence-electron chi connectivity index (χ1n) is 9.33. The first-order chi connectivity index (χ1) is 14.4. The van der Waals surface area contributed by atoms with Crippen LogP contribution in [0.4, 0.5) is 32.0 Å². The molecule has 0 spiro atoms. The molecule has 0 bridgehead atoms. The Morgan fingerprint density at radius 2 is 1.61 bits per heavy atom. The number of nitrogens with zero attached hydrogens (tertiary/aromatic N) is 4. The van der Waals surface area contributed by atoms with Crippen molar-refractivity contribution >= 4 is 23.6 Å². The Bertz CT molecular complexity index is 917. The van der Waals surface area contributed by atoms with Gasteiger partial charge in [0.25, 0.3) is 0 Å². The topological polar surface area (TPSA) is 41.4 Å². The van der Waals surface area contributed by atoms with E-state index < -0.39 is 34.7 Å². The van der Waals surface area contributed by atoms with Crippen LogP contribution in [0.2, 0.25) is 5.02 Å². The second kappa shape index (κ2) is 8.70. The van der Waals surface area contributed by atoms with Crippen molar-refractivity contribution in [3.63, 3.8) is 0 Å². The molecule has 1 atom stereocenters. The van der Waals surface area contributed by atoms with Gasteiger partial charge in [-0.3, -0.25) is 9.58 Å². The zero-order valence-corrected chi connectivity index (χ0v) is 17.1.